The molecule has 0 saturated carbocycles. The van der Waals surface area contributed by atoms with Crippen molar-refractivity contribution in [3.05, 3.63) is 0 Å². The zero-order valence-electron chi connectivity index (χ0n) is 12.2. The summed E-state index contributed by atoms with van der Waals surface area (Å²) in [6.07, 6.45) is -4.12. The minimum Gasteiger partial charge on any atom is -0.480 e. The molecule has 0 aromatic rings. The van der Waals surface area contributed by atoms with Gasteiger partial charge in [0.15, 0.2) is 0 Å². The highest BCUT2D eigenvalue weighted by Gasteiger charge is 2.27. The summed E-state index contributed by atoms with van der Waals surface area (Å²) in [7, 11) is 0. The first kappa shape index (κ1) is 20.6. The number of carbonyl (C=O) groups is 3. The number of carboxylic acids is 1. The van der Waals surface area contributed by atoms with E-state index in [1.165, 1.54) is 0 Å². The molecule has 1 atom stereocenters. The maximum Gasteiger partial charge on any atom is 0.397 e. The van der Waals surface area contributed by atoms with Gasteiger partial charge in [0.2, 0.25) is 11.8 Å². The third-order valence-electron chi connectivity index (χ3n) is 2.29. The quantitative estimate of drug-likeness (QED) is 0.580. The van der Waals surface area contributed by atoms with Crippen molar-refractivity contribution in [1.82, 2.24) is 10.6 Å². The van der Waals surface area contributed by atoms with Gasteiger partial charge in [-0.15, -0.1) is 11.8 Å². The molecule has 0 saturated heterocycles. The second-order valence-electron chi connectivity index (χ2n) is 4.97. The van der Waals surface area contributed by atoms with Gasteiger partial charge >= 0.3 is 12.1 Å². The molecule has 0 unspecified atom stereocenters. The number of thioether (sulfide) groups is 1. The zero-order valence-corrected chi connectivity index (χ0v) is 13.0. The summed E-state index contributed by atoms with van der Waals surface area (Å²) in [5, 5.41) is 13.3. The van der Waals surface area contributed by atoms with E-state index in [0.29, 0.717) is 11.8 Å². The minimum absolute atomic E-state index is 0.0507. The fraction of sp³-hybridized carbons (Fsp3) is 0.750. The van der Waals surface area contributed by atoms with E-state index in [1.807, 2.05) is 0 Å². The van der Waals surface area contributed by atoms with Gasteiger partial charge in [0.1, 0.15) is 6.04 Å². The molecule has 0 aromatic heterocycles. The maximum absolute atomic E-state index is 11.9. The fourth-order valence-corrected chi connectivity index (χ4v) is 2.05. The number of hydrogen-bond acceptors (Lipinski definition) is 4. The largest absolute Gasteiger partial charge is 0.480 e. The van der Waals surface area contributed by atoms with Gasteiger partial charge in [-0.25, -0.2) is 4.79 Å². The summed E-state index contributed by atoms with van der Waals surface area (Å²) in [5.74, 6) is -4.14. The number of amides is 2. The van der Waals surface area contributed by atoms with Gasteiger partial charge in [0, 0.05) is 0 Å². The summed E-state index contributed by atoms with van der Waals surface area (Å²) < 4.78 is 35.6. The Morgan fingerprint density at radius 1 is 1.18 bits per heavy atom. The van der Waals surface area contributed by atoms with Crippen molar-refractivity contribution in [3.63, 3.8) is 0 Å². The molecule has 2 amide bonds. The Balaban J connectivity index is 4.06. The molecule has 0 spiro atoms. The topological polar surface area (TPSA) is 95.5 Å². The highest BCUT2D eigenvalue weighted by Crippen LogP contribution is 2.20. The van der Waals surface area contributed by atoms with Crippen molar-refractivity contribution in [3.8, 4) is 0 Å². The molecule has 0 fully saturated rings. The highest BCUT2D eigenvalue weighted by atomic mass is 32.2. The van der Waals surface area contributed by atoms with Crippen molar-refractivity contribution in [2.75, 3.05) is 18.1 Å². The molecule has 0 aromatic carbocycles. The standard InChI is InChI=1S/C12H19F3N2O4S/c1-7(2)3-8(11(20)21)17-9(18)4-16-10(19)5-22-6-12(13,14)15/h7-8H,3-6H2,1-2H3,(H,16,19)(H,17,18)(H,20,21)/t8-/m0/s1. The summed E-state index contributed by atoms with van der Waals surface area (Å²) in [4.78, 5) is 33.7. The number of carbonyl (C=O) groups excluding carboxylic acids is 2. The van der Waals surface area contributed by atoms with Crippen LogP contribution in [0.1, 0.15) is 20.3 Å². The number of aliphatic carboxylic acids is 1. The molecule has 0 radical (unpaired) electrons. The van der Waals surface area contributed by atoms with Gasteiger partial charge in [-0.1, -0.05) is 13.8 Å². The van der Waals surface area contributed by atoms with E-state index >= 15 is 0 Å². The Kier molecular flexibility index (Phi) is 8.91. The van der Waals surface area contributed by atoms with Crippen LogP contribution in [0.15, 0.2) is 0 Å². The monoisotopic (exact) mass is 344 g/mol. The third kappa shape index (κ3) is 11.2. The van der Waals surface area contributed by atoms with Crippen molar-refractivity contribution >= 4 is 29.5 Å². The summed E-state index contributed by atoms with van der Waals surface area (Å²) >= 11 is 0.384. The smallest absolute Gasteiger partial charge is 0.397 e. The van der Waals surface area contributed by atoms with E-state index in [0.717, 1.165) is 0 Å². The lowest BCUT2D eigenvalue weighted by Crippen LogP contribution is -2.46. The molecule has 6 nitrogen and oxygen atoms in total. The Morgan fingerprint density at radius 2 is 1.77 bits per heavy atom. The van der Waals surface area contributed by atoms with Crippen LogP contribution in [-0.4, -0.2) is 53.2 Å². The molecular formula is C12H19F3N2O4S. The molecule has 128 valence electrons. The normalized spacial score (nSPS) is 12.8. The van der Waals surface area contributed by atoms with E-state index in [2.05, 4.69) is 10.6 Å². The lowest BCUT2D eigenvalue weighted by atomic mass is 10.0. The number of alkyl halides is 3. The number of carboxylic acid groups (broad SMARTS) is 1. The van der Waals surface area contributed by atoms with Crippen LogP contribution >= 0.6 is 11.8 Å². The molecule has 0 heterocycles. The van der Waals surface area contributed by atoms with Gasteiger partial charge in [0.25, 0.3) is 0 Å². The molecule has 10 heteroatoms. The first-order valence-corrected chi connectivity index (χ1v) is 7.60. The molecule has 3 N–H and O–H groups in total. The number of hydrogen-bond donors (Lipinski definition) is 3. The zero-order chi connectivity index (χ0) is 17.3. The van der Waals surface area contributed by atoms with E-state index in [-0.39, 0.29) is 12.3 Å². The van der Waals surface area contributed by atoms with Crippen LogP contribution in [-0.2, 0) is 14.4 Å². The number of halogens is 3. The molecular weight excluding hydrogens is 325 g/mol. The van der Waals surface area contributed by atoms with Crippen molar-refractivity contribution < 1.29 is 32.7 Å². The SMILES string of the molecule is CC(C)C[C@H](NC(=O)CNC(=O)CSCC(F)(F)F)C(=O)O. The van der Waals surface area contributed by atoms with E-state index < -0.39 is 48.1 Å². The maximum atomic E-state index is 11.9. The van der Waals surface area contributed by atoms with E-state index in [1.54, 1.807) is 13.8 Å². The minimum atomic E-state index is -4.35. The van der Waals surface area contributed by atoms with Crippen LogP contribution in [0.5, 0.6) is 0 Å². The average molecular weight is 344 g/mol. The van der Waals surface area contributed by atoms with E-state index in [4.69, 9.17) is 5.11 Å². The van der Waals surface area contributed by atoms with Gasteiger partial charge in [-0.05, 0) is 12.3 Å². The van der Waals surface area contributed by atoms with Crippen LogP contribution in [0, 0.1) is 5.92 Å². The first-order chi connectivity index (χ1) is 10.0. The van der Waals surface area contributed by atoms with E-state index in [9.17, 15) is 27.6 Å². The molecule has 0 aliphatic heterocycles. The molecule has 0 bridgehead atoms. The summed E-state index contributed by atoms with van der Waals surface area (Å²) in [5.41, 5.74) is 0. The van der Waals surface area contributed by atoms with Crippen LogP contribution in [0.2, 0.25) is 0 Å². The van der Waals surface area contributed by atoms with Crippen molar-refractivity contribution in [1.29, 1.82) is 0 Å². The van der Waals surface area contributed by atoms with Crippen molar-refractivity contribution in [2.45, 2.75) is 32.5 Å². The highest BCUT2D eigenvalue weighted by molar-refractivity contribution is 8.00. The van der Waals surface area contributed by atoms with Crippen LogP contribution < -0.4 is 10.6 Å². The third-order valence-corrected chi connectivity index (χ3v) is 3.28. The second kappa shape index (κ2) is 9.54. The lowest BCUT2D eigenvalue weighted by molar-refractivity contribution is -0.142. The van der Waals surface area contributed by atoms with Crippen LogP contribution in [0.4, 0.5) is 13.2 Å². The predicted molar refractivity (Wildman–Crippen MR) is 75.4 cm³/mol. The van der Waals surface area contributed by atoms with Gasteiger partial charge in [-0.3, -0.25) is 9.59 Å². The Bertz CT molecular complexity index is 402. The Labute approximate surface area is 130 Å². The number of rotatable bonds is 9. The molecule has 0 rings (SSSR count). The lowest BCUT2D eigenvalue weighted by Gasteiger charge is -2.16. The first-order valence-electron chi connectivity index (χ1n) is 6.44. The Hall–Kier alpha value is -1.45. The van der Waals surface area contributed by atoms with Gasteiger partial charge in [0.05, 0.1) is 18.1 Å². The number of nitrogens with one attached hydrogen (secondary N) is 2. The molecule has 0 aliphatic rings. The summed E-state index contributed by atoms with van der Waals surface area (Å²) in [6, 6.07) is -1.07. The van der Waals surface area contributed by atoms with Crippen molar-refractivity contribution in [2.24, 2.45) is 5.92 Å². The molecule has 0 aliphatic carbocycles. The van der Waals surface area contributed by atoms with Gasteiger partial charge in [-0.2, -0.15) is 13.2 Å². The summed E-state index contributed by atoms with van der Waals surface area (Å²) in [6.45, 7) is 3.11. The molecule has 22 heavy (non-hydrogen) atoms. The predicted octanol–water partition coefficient (Wildman–Crippen LogP) is 1.01. The van der Waals surface area contributed by atoms with Crippen LogP contribution in [0.25, 0.3) is 0 Å². The average Bonchev–Trinajstić information content (AvgIpc) is 2.33. The Morgan fingerprint density at radius 3 is 2.23 bits per heavy atom. The second-order valence-corrected chi connectivity index (χ2v) is 5.96. The fourth-order valence-electron chi connectivity index (χ4n) is 1.43. The van der Waals surface area contributed by atoms with Gasteiger partial charge < -0.3 is 15.7 Å². The van der Waals surface area contributed by atoms with Crippen LogP contribution in [0.3, 0.4) is 0 Å².